The van der Waals surface area contributed by atoms with Gasteiger partial charge in [-0.2, -0.15) is 0 Å². The van der Waals surface area contributed by atoms with Crippen molar-refractivity contribution < 1.29 is 14.8 Å². The first kappa shape index (κ1) is 13.9. The van der Waals surface area contributed by atoms with Gasteiger partial charge in [-0.25, -0.2) is 9.78 Å². The Morgan fingerprint density at radius 3 is 2.95 bits per heavy atom. The number of carbonyl (C=O) groups is 1. The second-order valence-electron chi connectivity index (χ2n) is 4.06. The average molecular weight is 293 g/mol. The van der Waals surface area contributed by atoms with Crippen LogP contribution in [0.25, 0.3) is 0 Å². The van der Waals surface area contributed by atoms with Crippen molar-refractivity contribution >= 4 is 28.1 Å². The van der Waals surface area contributed by atoms with Gasteiger partial charge >= 0.3 is 6.09 Å². The van der Waals surface area contributed by atoms with Crippen molar-refractivity contribution in [2.75, 3.05) is 5.32 Å². The number of anilines is 1. The molecule has 0 unspecified atom stereocenters. The minimum Gasteiger partial charge on any atom is -0.465 e. The molecule has 0 aliphatic carbocycles. The Kier molecular flexibility index (Phi) is 3.94. The van der Waals surface area contributed by atoms with E-state index in [1.165, 1.54) is 23.5 Å². The molecule has 1 heterocycles. The minimum atomic E-state index is -1.14. The third-order valence-corrected chi connectivity index (χ3v) is 3.61. The Labute approximate surface area is 118 Å². The Bertz CT molecular complexity index is 668. The highest BCUT2D eigenvalue weighted by Gasteiger charge is 2.12. The zero-order valence-electron chi connectivity index (χ0n) is 10.5. The Morgan fingerprint density at radius 2 is 2.30 bits per heavy atom. The second kappa shape index (κ2) is 5.66. The van der Waals surface area contributed by atoms with E-state index in [1.54, 1.807) is 19.1 Å². The predicted octanol–water partition coefficient (Wildman–Crippen LogP) is 3.04. The number of benzene rings is 1. The maximum Gasteiger partial charge on any atom is 0.409 e. The molecule has 8 heteroatoms. The van der Waals surface area contributed by atoms with Crippen LogP contribution in [-0.4, -0.2) is 21.1 Å². The fourth-order valence-electron chi connectivity index (χ4n) is 1.70. The molecular weight excluding hydrogens is 282 g/mol. The third kappa shape index (κ3) is 3.29. The summed E-state index contributed by atoms with van der Waals surface area (Å²) < 4.78 is 0. The van der Waals surface area contributed by atoms with Gasteiger partial charge in [0.15, 0.2) is 0 Å². The summed E-state index contributed by atoms with van der Waals surface area (Å²) in [7, 11) is 0. The molecule has 0 atom stereocenters. The molecule has 0 fully saturated rings. The maximum absolute atomic E-state index is 10.7. The van der Waals surface area contributed by atoms with Crippen LogP contribution in [0, 0.1) is 17.0 Å². The van der Waals surface area contributed by atoms with Crippen molar-refractivity contribution in [2.45, 2.75) is 13.3 Å². The molecule has 0 saturated carbocycles. The number of nitrogens with one attached hydrogen (secondary N) is 1. The van der Waals surface area contributed by atoms with E-state index in [0.717, 1.165) is 5.56 Å². The highest BCUT2D eigenvalue weighted by Crippen LogP contribution is 2.26. The monoisotopic (exact) mass is 293 g/mol. The fourth-order valence-corrected chi connectivity index (χ4v) is 2.68. The second-order valence-corrected chi connectivity index (χ2v) is 5.14. The van der Waals surface area contributed by atoms with Crippen molar-refractivity contribution in [3.8, 4) is 0 Å². The van der Waals surface area contributed by atoms with Crippen molar-refractivity contribution in [3.05, 3.63) is 50.6 Å². The molecule has 0 saturated heterocycles. The van der Waals surface area contributed by atoms with Crippen molar-refractivity contribution in [3.63, 3.8) is 0 Å². The normalized spacial score (nSPS) is 10.2. The molecule has 7 nitrogen and oxygen atoms in total. The first-order chi connectivity index (χ1) is 9.45. The van der Waals surface area contributed by atoms with Crippen molar-refractivity contribution in [1.29, 1.82) is 0 Å². The van der Waals surface area contributed by atoms with E-state index in [-0.39, 0.29) is 5.69 Å². The van der Waals surface area contributed by atoms with Gasteiger partial charge in [0.25, 0.3) is 5.69 Å². The molecule has 0 aliphatic rings. The van der Waals surface area contributed by atoms with E-state index in [0.29, 0.717) is 22.1 Å². The molecule has 104 valence electrons. The summed E-state index contributed by atoms with van der Waals surface area (Å²) in [5.41, 5.74) is 1.38. The number of rotatable bonds is 4. The van der Waals surface area contributed by atoms with Crippen molar-refractivity contribution in [1.82, 2.24) is 4.98 Å². The van der Waals surface area contributed by atoms with Crippen LogP contribution in [0.3, 0.4) is 0 Å². The minimum absolute atomic E-state index is 0.0275. The number of hydrogen-bond donors (Lipinski definition) is 2. The number of carboxylic acid groups (broad SMARTS) is 1. The molecule has 1 aromatic carbocycles. The van der Waals surface area contributed by atoms with Gasteiger partial charge in [0.05, 0.1) is 15.6 Å². The highest BCUT2D eigenvalue weighted by atomic mass is 32.1. The van der Waals surface area contributed by atoms with Crippen LogP contribution in [0.2, 0.25) is 0 Å². The summed E-state index contributed by atoms with van der Waals surface area (Å²) in [5.74, 6) is 0. The van der Waals surface area contributed by atoms with Crippen LogP contribution in [0.15, 0.2) is 24.3 Å². The quantitative estimate of drug-likeness (QED) is 0.665. The van der Waals surface area contributed by atoms with E-state index in [2.05, 4.69) is 10.3 Å². The lowest BCUT2D eigenvalue weighted by molar-refractivity contribution is -0.384. The summed E-state index contributed by atoms with van der Waals surface area (Å²) in [6.07, 6.45) is -0.715. The number of nitro benzene ring substituents is 1. The molecule has 0 bridgehead atoms. The number of nitrogens with zero attached hydrogens (tertiary/aromatic N) is 2. The van der Waals surface area contributed by atoms with Gasteiger partial charge in [-0.15, -0.1) is 11.3 Å². The molecule has 20 heavy (non-hydrogen) atoms. The topological polar surface area (TPSA) is 105 Å². The standard InChI is InChI=1S/C12H11N3O4S/c1-7-11(14-12(16)17)20-10(13-7)6-8-3-2-4-9(5-8)15(18)19/h2-5,14H,6H2,1H3,(H,16,17). The van der Waals surface area contributed by atoms with Crippen LogP contribution in [0.4, 0.5) is 15.5 Å². The van der Waals surface area contributed by atoms with Gasteiger partial charge in [0.1, 0.15) is 5.00 Å². The zero-order valence-corrected chi connectivity index (χ0v) is 11.3. The molecule has 2 rings (SSSR count). The van der Waals surface area contributed by atoms with Gasteiger partial charge in [-0.05, 0) is 12.5 Å². The number of aromatic nitrogens is 1. The molecule has 0 spiro atoms. The number of thiazole rings is 1. The van der Waals surface area contributed by atoms with E-state index in [9.17, 15) is 14.9 Å². The van der Waals surface area contributed by atoms with Gasteiger partial charge < -0.3 is 5.11 Å². The van der Waals surface area contributed by atoms with Gasteiger partial charge in [-0.1, -0.05) is 12.1 Å². The Hall–Kier alpha value is -2.48. The predicted molar refractivity (Wildman–Crippen MR) is 74.4 cm³/mol. The van der Waals surface area contributed by atoms with Gasteiger partial charge in [-0.3, -0.25) is 15.4 Å². The zero-order chi connectivity index (χ0) is 14.7. The van der Waals surface area contributed by atoms with E-state index in [4.69, 9.17) is 5.11 Å². The third-order valence-electron chi connectivity index (χ3n) is 2.54. The smallest absolute Gasteiger partial charge is 0.409 e. The summed E-state index contributed by atoms with van der Waals surface area (Å²) in [6, 6.07) is 6.30. The Morgan fingerprint density at radius 1 is 1.55 bits per heavy atom. The molecule has 2 aromatic rings. The first-order valence-corrected chi connectivity index (χ1v) is 6.47. The van der Waals surface area contributed by atoms with Crippen LogP contribution >= 0.6 is 11.3 Å². The summed E-state index contributed by atoms with van der Waals surface area (Å²) in [4.78, 5) is 25.1. The SMILES string of the molecule is Cc1nc(Cc2cccc([N+](=O)[O-])c2)sc1NC(=O)O. The molecule has 2 N–H and O–H groups in total. The number of hydrogen-bond acceptors (Lipinski definition) is 5. The molecule has 0 radical (unpaired) electrons. The number of aryl methyl sites for hydroxylation is 1. The number of non-ortho nitro benzene ring substituents is 1. The van der Waals surface area contributed by atoms with Crippen LogP contribution in [-0.2, 0) is 6.42 Å². The molecule has 1 aromatic heterocycles. The summed E-state index contributed by atoms with van der Waals surface area (Å²) in [5, 5.41) is 22.8. The lowest BCUT2D eigenvalue weighted by Crippen LogP contribution is -2.06. The van der Waals surface area contributed by atoms with Gasteiger partial charge in [0.2, 0.25) is 0 Å². The fraction of sp³-hybridized carbons (Fsp3) is 0.167. The number of amides is 1. The highest BCUT2D eigenvalue weighted by molar-refractivity contribution is 7.16. The van der Waals surface area contributed by atoms with Gasteiger partial charge in [0, 0.05) is 18.6 Å². The van der Waals surface area contributed by atoms with E-state index >= 15 is 0 Å². The van der Waals surface area contributed by atoms with Crippen LogP contribution in [0.5, 0.6) is 0 Å². The summed E-state index contributed by atoms with van der Waals surface area (Å²) in [6.45, 7) is 1.71. The molecule has 1 amide bonds. The van der Waals surface area contributed by atoms with E-state index in [1.807, 2.05) is 0 Å². The van der Waals surface area contributed by atoms with Crippen LogP contribution in [0.1, 0.15) is 16.3 Å². The first-order valence-electron chi connectivity index (χ1n) is 5.65. The number of nitro groups is 1. The lowest BCUT2D eigenvalue weighted by Gasteiger charge is -1.98. The summed E-state index contributed by atoms with van der Waals surface area (Å²) >= 11 is 1.22. The maximum atomic E-state index is 10.7. The lowest BCUT2D eigenvalue weighted by atomic mass is 10.1. The van der Waals surface area contributed by atoms with E-state index < -0.39 is 11.0 Å². The Balaban J connectivity index is 2.20. The molecular formula is C12H11N3O4S. The largest absolute Gasteiger partial charge is 0.465 e. The molecule has 0 aliphatic heterocycles. The van der Waals surface area contributed by atoms with Crippen molar-refractivity contribution in [2.24, 2.45) is 0 Å². The van der Waals surface area contributed by atoms with Crippen LogP contribution < -0.4 is 5.32 Å². The average Bonchev–Trinajstić information content (AvgIpc) is 2.69.